The lowest BCUT2D eigenvalue weighted by atomic mass is 9.67. The predicted molar refractivity (Wildman–Crippen MR) is 234 cm³/mol. The molecular formula is C55H45N. The van der Waals surface area contributed by atoms with Gasteiger partial charge in [-0.3, -0.25) is 0 Å². The number of aryl methyl sites for hydroxylation is 1. The topological polar surface area (TPSA) is 3.24 Å². The minimum Gasteiger partial charge on any atom is -0.310 e. The van der Waals surface area contributed by atoms with E-state index in [4.69, 9.17) is 0 Å². The van der Waals surface area contributed by atoms with Gasteiger partial charge >= 0.3 is 0 Å². The first-order valence-electron chi connectivity index (χ1n) is 20.5. The highest BCUT2D eigenvalue weighted by molar-refractivity contribution is 6.05. The third-order valence-electron chi connectivity index (χ3n) is 13.6. The molecule has 270 valence electrons. The average molecular weight is 720 g/mol. The molecular weight excluding hydrogens is 675 g/mol. The SMILES string of the molecule is Cc1cccc2c1-c1ccc(N(c3ccc(C4CC5CCC4C5)cc3)c3ccc4ccccc4c3-c3ccccc3)cc1C2(c1ccccc1)c1ccccc1. The smallest absolute Gasteiger partial charge is 0.0714 e. The van der Waals surface area contributed by atoms with Crippen LogP contribution in [0.5, 0.6) is 0 Å². The van der Waals surface area contributed by atoms with Gasteiger partial charge in [0, 0.05) is 16.9 Å². The van der Waals surface area contributed by atoms with Crippen LogP contribution in [0.4, 0.5) is 17.1 Å². The molecule has 0 heterocycles. The van der Waals surface area contributed by atoms with E-state index in [2.05, 4.69) is 200 Å². The van der Waals surface area contributed by atoms with Gasteiger partial charge in [-0.15, -0.1) is 0 Å². The zero-order valence-corrected chi connectivity index (χ0v) is 31.9. The van der Waals surface area contributed by atoms with Gasteiger partial charge in [0.1, 0.15) is 0 Å². The molecule has 3 aliphatic rings. The van der Waals surface area contributed by atoms with Crippen molar-refractivity contribution in [1.82, 2.24) is 0 Å². The summed E-state index contributed by atoms with van der Waals surface area (Å²) in [6.07, 6.45) is 5.58. The van der Waals surface area contributed by atoms with Crippen LogP contribution in [0.2, 0.25) is 0 Å². The highest BCUT2D eigenvalue weighted by Crippen LogP contribution is 2.59. The molecule has 2 bridgehead atoms. The van der Waals surface area contributed by atoms with E-state index in [0.717, 1.165) is 17.5 Å². The van der Waals surface area contributed by atoms with E-state index in [1.807, 2.05) is 0 Å². The quantitative estimate of drug-likeness (QED) is 0.159. The van der Waals surface area contributed by atoms with Gasteiger partial charge in [0.05, 0.1) is 11.1 Å². The minimum absolute atomic E-state index is 0.488. The molecule has 3 atom stereocenters. The Kier molecular flexibility index (Phi) is 7.85. The second-order valence-corrected chi connectivity index (χ2v) is 16.5. The molecule has 8 aromatic rings. The standard InChI is InChI=1S/C55H45N/c1-37-14-13-23-50-53(37)48-32-31-46(36-51(48)55(50,43-18-7-3-8-19-43)44-20-9-4-10-21-44)56(45-29-26-40(27-30-45)49-35-38-24-25-42(49)34-38)52-33-28-39-15-11-12-22-47(39)54(52)41-16-5-2-6-17-41/h2-23,26-33,36,38,42,49H,24-25,34-35H2,1H3. The third kappa shape index (κ3) is 5.07. The van der Waals surface area contributed by atoms with E-state index in [1.54, 1.807) is 0 Å². The lowest BCUT2D eigenvalue weighted by Crippen LogP contribution is -2.28. The number of rotatable bonds is 7. The van der Waals surface area contributed by atoms with E-state index >= 15 is 0 Å². The molecule has 3 aliphatic carbocycles. The van der Waals surface area contributed by atoms with Gasteiger partial charge in [-0.2, -0.15) is 0 Å². The highest BCUT2D eigenvalue weighted by Gasteiger charge is 2.47. The van der Waals surface area contributed by atoms with Gasteiger partial charge in [0.15, 0.2) is 0 Å². The van der Waals surface area contributed by atoms with Crippen molar-refractivity contribution in [2.45, 2.75) is 43.9 Å². The van der Waals surface area contributed by atoms with Gasteiger partial charge in [0.25, 0.3) is 0 Å². The summed E-state index contributed by atoms with van der Waals surface area (Å²) in [6.45, 7) is 2.27. The summed E-state index contributed by atoms with van der Waals surface area (Å²) in [7, 11) is 0. The maximum atomic E-state index is 2.54. The van der Waals surface area contributed by atoms with Gasteiger partial charge in [0.2, 0.25) is 0 Å². The second-order valence-electron chi connectivity index (χ2n) is 16.5. The molecule has 1 nitrogen and oxygen atoms in total. The molecule has 11 rings (SSSR count). The molecule has 0 amide bonds. The number of hydrogen-bond acceptors (Lipinski definition) is 1. The first kappa shape index (κ1) is 33.2. The Balaban J connectivity index is 1.18. The second kappa shape index (κ2) is 13.2. The van der Waals surface area contributed by atoms with Gasteiger partial charge in [-0.1, -0.05) is 164 Å². The predicted octanol–water partition coefficient (Wildman–Crippen LogP) is 14.6. The number of benzene rings is 8. The molecule has 2 saturated carbocycles. The van der Waals surface area contributed by atoms with E-state index in [0.29, 0.717) is 5.92 Å². The summed E-state index contributed by atoms with van der Waals surface area (Å²) >= 11 is 0. The molecule has 0 aliphatic heterocycles. The molecule has 0 radical (unpaired) electrons. The minimum atomic E-state index is -0.488. The van der Waals surface area contributed by atoms with Crippen LogP contribution in [-0.2, 0) is 5.41 Å². The molecule has 56 heavy (non-hydrogen) atoms. The molecule has 0 saturated heterocycles. The summed E-state index contributed by atoms with van der Waals surface area (Å²) in [5.41, 5.74) is 16.2. The first-order chi connectivity index (χ1) is 27.7. The lowest BCUT2D eigenvalue weighted by Gasteiger charge is -2.35. The third-order valence-corrected chi connectivity index (χ3v) is 13.6. The summed E-state index contributed by atoms with van der Waals surface area (Å²) in [5.74, 6) is 2.45. The Morgan fingerprint density at radius 2 is 1.20 bits per heavy atom. The number of nitrogens with zero attached hydrogens (tertiary/aromatic N) is 1. The fraction of sp³-hybridized carbons (Fsp3) is 0.164. The van der Waals surface area contributed by atoms with Crippen LogP contribution in [0.1, 0.15) is 65.0 Å². The lowest BCUT2D eigenvalue weighted by molar-refractivity contribution is 0.420. The fourth-order valence-corrected chi connectivity index (χ4v) is 11.2. The van der Waals surface area contributed by atoms with Gasteiger partial charge < -0.3 is 4.90 Å². The number of anilines is 3. The van der Waals surface area contributed by atoms with Crippen molar-refractivity contribution >= 4 is 27.8 Å². The van der Waals surface area contributed by atoms with Crippen LogP contribution in [0.15, 0.2) is 188 Å². The van der Waals surface area contributed by atoms with Crippen molar-refractivity contribution in [3.63, 3.8) is 0 Å². The fourth-order valence-electron chi connectivity index (χ4n) is 11.2. The zero-order chi connectivity index (χ0) is 37.2. The van der Waals surface area contributed by atoms with Crippen molar-refractivity contribution in [3.05, 3.63) is 221 Å². The summed E-state index contributed by atoms with van der Waals surface area (Å²) in [4.78, 5) is 2.54. The van der Waals surface area contributed by atoms with Crippen LogP contribution in [0.25, 0.3) is 33.0 Å². The van der Waals surface area contributed by atoms with Crippen LogP contribution in [-0.4, -0.2) is 0 Å². The Labute approximate surface area is 330 Å². The van der Waals surface area contributed by atoms with Crippen LogP contribution in [0.3, 0.4) is 0 Å². The molecule has 0 N–H and O–H groups in total. The summed E-state index contributed by atoms with van der Waals surface area (Å²) in [6, 6.07) is 70.7. The van der Waals surface area contributed by atoms with Gasteiger partial charge in [-0.05, 0) is 135 Å². The highest BCUT2D eigenvalue weighted by atomic mass is 15.1. The molecule has 0 spiro atoms. The van der Waals surface area contributed by atoms with E-state index in [-0.39, 0.29) is 0 Å². The normalized spacial score (nSPS) is 18.8. The van der Waals surface area contributed by atoms with Crippen LogP contribution >= 0.6 is 0 Å². The zero-order valence-electron chi connectivity index (χ0n) is 31.9. The van der Waals surface area contributed by atoms with Crippen molar-refractivity contribution < 1.29 is 0 Å². The number of hydrogen-bond donors (Lipinski definition) is 0. The van der Waals surface area contributed by atoms with E-state index in [9.17, 15) is 0 Å². The Morgan fingerprint density at radius 3 is 1.89 bits per heavy atom. The maximum absolute atomic E-state index is 2.54. The Bertz CT molecular complexity index is 2670. The summed E-state index contributed by atoms with van der Waals surface area (Å²) in [5, 5.41) is 2.50. The van der Waals surface area contributed by atoms with Crippen molar-refractivity contribution in [1.29, 1.82) is 0 Å². The Morgan fingerprint density at radius 1 is 0.518 bits per heavy atom. The number of fused-ring (bicyclic) bond motifs is 6. The Hall–Kier alpha value is -6.18. The van der Waals surface area contributed by atoms with Gasteiger partial charge in [-0.25, -0.2) is 0 Å². The molecule has 8 aromatic carbocycles. The molecule has 0 aromatic heterocycles. The van der Waals surface area contributed by atoms with E-state index in [1.165, 1.54) is 103 Å². The summed E-state index contributed by atoms with van der Waals surface area (Å²) < 4.78 is 0. The van der Waals surface area contributed by atoms with Crippen LogP contribution in [0, 0.1) is 18.8 Å². The molecule has 1 heteroatoms. The largest absolute Gasteiger partial charge is 0.310 e. The maximum Gasteiger partial charge on any atom is 0.0714 e. The first-order valence-corrected chi connectivity index (χ1v) is 20.5. The van der Waals surface area contributed by atoms with E-state index < -0.39 is 5.41 Å². The molecule has 3 unspecified atom stereocenters. The van der Waals surface area contributed by atoms with Crippen molar-refractivity contribution in [2.24, 2.45) is 11.8 Å². The van der Waals surface area contributed by atoms with Crippen molar-refractivity contribution in [2.75, 3.05) is 4.90 Å². The molecule has 2 fully saturated rings. The van der Waals surface area contributed by atoms with Crippen molar-refractivity contribution in [3.8, 4) is 22.3 Å². The monoisotopic (exact) mass is 719 g/mol. The van der Waals surface area contributed by atoms with Crippen LogP contribution < -0.4 is 4.90 Å². The average Bonchev–Trinajstić information content (AvgIpc) is 3.98.